The molecule has 1 aromatic heterocycles. The summed E-state index contributed by atoms with van der Waals surface area (Å²) in [6, 6.07) is 7.77. The van der Waals surface area contributed by atoms with Crippen LogP contribution < -0.4 is 5.32 Å². The highest BCUT2D eigenvalue weighted by atomic mass is 32.1. The van der Waals surface area contributed by atoms with Crippen LogP contribution in [0.25, 0.3) is 0 Å². The SMILES string of the molecule is O=C(Cc1c(F)c(F)c(F)c(F)c1F)NC(c1ccc(F)cc1)c1cccs1. The fourth-order valence-electron chi connectivity index (χ4n) is 2.61. The van der Waals surface area contributed by atoms with E-state index in [0.29, 0.717) is 10.4 Å². The average Bonchev–Trinajstić information content (AvgIpc) is 3.22. The fraction of sp³-hybridized carbons (Fsp3) is 0.105. The number of amides is 1. The molecule has 2 aromatic carbocycles. The molecule has 1 N–H and O–H groups in total. The Hall–Kier alpha value is -2.81. The first-order valence-corrected chi connectivity index (χ1v) is 8.76. The molecule has 0 fully saturated rings. The number of nitrogens with one attached hydrogen (secondary N) is 1. The lowest BCUT2D eigenvalue weighted by Crippen LogP contribution is -2.31. The molecule has 0 saturated heterocycles. The average molecular weight is 415 g/mol. The second kappa shape index (κ2) is 8.05. The van der Waals surface area contributed by atoms with E-state index in [1.165, 1.54) is 35.6 Å². The maximum atomic E-state index is 13.8. The third-order valence-corrected chi connectivity index (χ3v) is 4.91. The first-order chi connectivity index (χ1) is 13.3. The van der Waals surface area contributed by atoms with Crippen LogP contribution in [0.5, 0.6) is 0 Å². The lowest BCUT2D eigenvalue weighted by molar-refractivity contribution is -0.121. The van der Waals surface area contributed by atoms with Crippen LogP contribution in [0.2, 0.25) is 0 Å². The van der Waals surface area contributed by atoms with Crippen molar-refractivity contribution in [1.29, 1.82) is 0 Å². The molecule has 1 amide bonds. The summed E-state index contributed by atoms with van der Waals surface area (Å²) in [5, 5.41) is 4.21. The Morgan fingerprint density at radius 1 is 0.857 bits per heavy atom. The van der Waals surface area contributed by atoms with E-state index in [1.54, 1.807) is 17.5 Å². The molecule has 0 aliphatic rings. The summed E-state index contributed by atoms with van der Waals surface area (Å²) >= 11 is 1.27. The molecule has 0 radical (unpaired) electrons. The summed E-state index contributed by atoms with van der Waals surface area (Å²) in [6.07, 6.45) is -1.06. The minimum Gasteiger partial charge on any atom is -0.344 e. The van der Waals surface area contributed by atoms with Gasteiger partial charge >= 0.3 is 0 Å². The molecule has 1 heterocycles. The van der Waals surface area contributed by atoms with Crippen molar-refractivity contribution < 1.29 is 31.1 Å². The van der Waals surface area contributed by atoms with Crippen LogP contribution in [0, 0.1) is 34.9 Å². The van der Waals surface area contributed by atoms with Gasteiger partial charge in [-0.05, 0) is 29.1 Å². The van der Waals surface area contributed by atoms with Gasteiger partial charge in [-0.2, -0.15) is 0 Å². The van der Waals surface area contributed by atoms with Crippen molar-refractivity contribution in [2.75, 3.05) is 0 Å². The van der Waals surface area contributed by atoms with Crippen molar-refractivity contribution >= 4 is 17.2 Å². The molecule has 0 aliphatic carbocycles. The van der Waals surface area contributed by atoms with Crippen LogP contribution in [0.1, 0.15) is 22.0 Å². The molecular formula is C19H11F6NOS. The fourth-order valence-corrected chi connectivity index (χ4v) is 3.41. The van der Waals surface area contributed by atoms with Gasteiger partial charge in [-0.1, -0.05) is 18.2 Å². The Balaban J connectivity index is 1.89. The first kappa shape index (κ1) is 19.9. The van der Waals surface area contributed by atoms with Crippen molar-refractivity contribution in [1.82, 2.24) is 5.32 Å². The minimum atomic E-state index is -2.29. The van der Waals surface area contributed by atoms with Gasteiger partial charge in [0, 0.05) is 10.4 Å². The monoisotopic (exact) mass is 415 g/mol. The second-order valence-corrected chi connectivity index (χ2v) is 6.77. The quantitative estimate of drug-likeness (QED) is 0.354. The minimum absolute atomic E-state index is 0.481. The van der Waals surface area contributed by atoms with E-state index in [1.807, 2.05) is 0 Å². The van der Waals surface area contributed by atoms with Gasteiger partial charge in [0.2, 0.25) is 11.7 Å². The standard InChI is InChI=1S/C19H11F6NOS/c20-10-5-3-9(4-6-10)19(12-2-1-7-28-12)26-13(27)8-11-14(21)16(23)18(25)17(24)15(11)22/h1-7,19H,8H2,(H,26,27). The summed E-state index contributed by atoms with van der Waals surface area (Å²) < 4.78 is 80.5. The number of hydrogen-bond acceptors (Lipinski definition) is 2. The molecule has 0 spiro atoms. The molecular weight excluding hydrogens is 404 g/mol. The Morgan fingerprint density at radius 3 is 1.96 bits per heavy atom. The van der Waals surface area contributed by atoms with Crippen LogP contribution in [0.3, 0.4) is 0 Å². The molecule has 146 valence electrons. The third-order valence-electron chi connectivity index (χ3n) is 3.97. The largest absolute Gasteiger partial charge is 0.344 e. The van der Waals surface area contributed by atoms with Gasteiger partial charge in [0.1, 0.15) is 5.82 Å². The first-order valence-electron chi connectivity index (χ1n) is 7.88. The van der Waals surface area contributed by atoms with Gasteiger partial charge in [-0.25, -0.2) is 26.3 Å². The highest BCUT2D eigenvalue weighted by Crippen LogP contribution is 2.27. The van der Waals surface area contributed by atoms with Crippen LogP contribution in [-0.4, -0.2) is 5.91 Å². The lowest BCUT2D eigenvalue weighted by Gasteiger charge is -2.18. The van der Waals surface area contributed by atoms with E-state index in [4.69, 9.17) is 0 Å². The summed E-state index contributed by atoms with van der Waals surface area (Å²) in [4.78, 5) is 13.0. The number of carbonyl (C=O) groups is 1. The molecule has 9 heteroatoms. The molecule has 0 saturated carbocycles. The summed E-state index contributed by atoms with van der Waals surface area (Å²) in [7, 11) is 0. The van der Waals surface area contributed by atoms with Gasteiger partial charge in [-0.3, -0.25) is 4.79 Å². The molecule has 1 atom stereocenters. The number of carbonyl (C=O) groups excluding carboxylic acids is 1. The molecule has 3 rings (SSSR count). The summed E-state index contributed by atoms with van der Waals surface area (Å²) in [5.41, 5.74) is -0.743. The number of thiophene rings is 1. The Kier molecular flexibility index (Phi) is 5.73. The number of rotatable bonds is 5. The summed E-state index contributed by atoms with van der Waals surface area (Å²) in [6.45, 7) is 0. The topological polar surface area (TPSA) is 29.1 Å². The van der Waals surface area contributed by atoms with E-state index < -0.39 is 58.8 Å². The van der Waals surface area contributed by atoms with Gasteiger partial charge in [0.15, 0.2) is 23.3 Å². The van der Waals surface area contributed by atoms with Crippen molar-refractivity contribution in [3.63, 3.8) is 0 Å². The predicted molar refractivity (Wildman–Crippen MR) is 90.6 cm³/mol. The Morgan fingerprint density at radius 2 is 1.43 bits per heavy atom. The molecule has 0 bridgehead atoms. The van der Waals surface area contributed by atoms with Crippen molar-refractivity contribution in [2.24, 2.45) is 0 Å². The third kappa shape index (κ3) is 3.89. The van der Waals surface area contributed by atoms with Crippen molar-refractivity contribution in [3.05, 3.63) is 92.7 Å². The van der Waals surface area contributed by atoms with Crippen LogP contribution in [0.4, 0.5) is 26.3 Å². The molecule has 1 unspecified atom stereocenters. The second-order valence-electron chi connectivity index (χ2n) is 5.79. The highest BCUT2D eigenvalue weighted by Gasteiger charge is 2.28. The maximum Gasteiger partial charge on any atom is 0.225 e. The van der Waals surface area contributed by atoms with Crippen molar-refractivity contribution in [2.45, 2.75) is 12.5 Å². The van der Waals surface area contributed by atoms with Crippen molar-refractivity contribution in [3.8, 4) is 0 Å². The van der Waals surface area contributed by atoms with Crippen LogP contribution in [0.15, 0.2) is 41.8 Å². The smallest absolute Gasteiger partial charge is 0.225 e. The Labute approximate surface area is 159 Å². The van der Waals surface area contributed by atoms with Crippen LogP contribution in [-0.2, 0) is 11.2 Å². The molecule has 0 aliphatic heterocycles. The van der Waals surface area contributed by atoms with Gasteiger partial charge < -0.3 is 5.32 Å². The van der Waals surface area contributed by atoms with E-state index in [-0.39, 0.29) is 0 Å². The molecule has 28 heavy (non-hydrogen) atoms. The molecule has 3 aromatic rings. The van der Waals surface area contributed by atoms with E-state index in [9.17, 15) is 31.1 Å². The van der Waals surface area contributed by atoms with E-state index >= 15 is 0 Å². The number of benzene rings is 2. The zero-order valence-electron chi connectivity index (χ0n) is 13.9. The van der Waals surface area contributed by atoms with E-state index in [0.717, 1.165) is 0 Å². The van der Waals surface area contributed by atoms with Gasteiger partial charge in [0.05, 0.1) is 12.5 Å². The summed E-state index contributed by atoms with van der Waals surface area (Å²) in [5.74, 6) is -12.1. The molecule has 2 nitrogen and oxygen atoms in total. The maximum absolute atomic E-state index is 13.8. The van der Waals surface area contributed by atoms with Crippen LogP contribution >= 0.6 is 11.3 Å². The lowest BCUT2D eigenvalue weighted by atomic mass is 10.0. The zero-order valence-corrected chi connectivity index (χ0v) is 14.7. The Bertz CT molecular complexity index is 975. The number of halogens is 6. The zero-order chi connectivity index (χ0) is 20.4. The van der Waals surface area contributed by atoms with Gasteiger partial charge in [0.25, 0.3) is 0 Å². The number of hydrogen-bond donors (Lipinski definition) is 1. The van der Waals surface area contributed by atoms with E-state index in [2.05, 4.69) is 5.32 Å². The predicted octanol–water partition coefficient (Wildman–Crippen LogP) is 5.03. The normalized spacial score (nSPS) is 12.1. The highest BCUT2D eigenvalue weighted by molar-refractivity contribution is 7.10. The van der Waals surface area contributed by atoms with Gasteiger partial charge in [-0.15, -0.1) is 11.3 Å².